The van der Waals surface area contributed by atoms with Gasteiger partial charge in [0.05, 0.1) is 5.56 Å². The summed E-state index contributed by atoms with van der Waals surface area (Å²) in [5.41, 5.74) is 0.727. The maximum Gasteiger partial charge on any atom is 0.170 e. The minimum Gasteiger partial charge on any atom is -0.489 e. The lowest BCUT2D eigenvalue weighted by Gasteiger charge is -2.25. The summed E-state index contributed by atoms with van der Waals surface area (Å²) in [5.74, 6) is 0.955. The number of unbranched alkanes of at least 4 members (excludes halogenated alkanes) is 4. The summed E-state index contributed by atoms with van der Waals surface area (Å²) in [4.78, 5) is 12.0. The molecule has 1 aliphatic heterocycles. The van der Waals surface area contributed by atoms with Gasteiger partial charge in [-0.2, -0.15) is 0 Å². The lowest BCUT2D eigenvalue weighted by Crippen LogP contribution is -2.26. The molecule has 0 aliphatic carbocycles. The largest absolute Gasteiger partial charge is 0.489 e. The number of ether oxygens (including phenoxy) is 1. The van der Waals surface area contributed by atoms with Crippen LogP contribution in [-0.2, 0) is 0 Å². The quantitative estimate of drug-likeness (QED) is 0.677. The summed E-state index contributed by atoms with van der Waals surface area (Å²) in [6, 6.07) is 5.64. The van der Waals surface area contributed by atoms with Gasteiger partial charge in [-0.15, -0.1) is 0 Å². The molecule has 0 amide bonds. The van der Waals surface area contributed by atoms with Crippen LogP contribution in [0, 0.1) is 0 Å². The van der Waals surface area contributed by atoms with Gasteiger partial charge in [0.2, 0.25) is 0 Å². The predicted molar refractivity (Wildman–Crippen MR) is 80.9 cm³/mol. The standard InChI is InChI=1S/C16H21BrO2/c1-2-3-4-5-6-7-13-11-15(18)14-9-8-12(17)10-16(14)19-13/h8-10,13H,2-7,11H2,1H3. The molecule has 2 nitrogen and oxygen atoms in total. The molecule has 0 bridgehead atoms. The number of carbonyl (C=O) groups excluding carboxylic acids is 1. The van der Waals surface area contributed by atoms with Crippen LogP contribution in [0.3, 0.4) is 0 Å². The Kier molecular flexibility index (Phi) is 5.44. The van der Waals surface area contributed by atoms with Crippen LogP contribution in [0.1, 0.15) is 62.2 Å². The molecule has 0 N–H and O–H groups in total. The summed E-state index contributed by atoms with van der Waals surface area (Å²) in [6.45, 7) is 2.22. The number of hydrogen-bond acceptors (Lipinski definition) is 2. The van der Waals surface area contributed by atoms with Crippen LogP contribution in [0.5, 0.6) is 5.75 Å². The molecule has 1 heterocycles. The van der Waals surface area contributed by atoms with Gasteiger partial charge in [-0.05, 0) is 31.0 Å². The molecule has 0 saturated carbocycles. The van der Waals surface area contributed by atoms with Gasteiger partial charge in [-0.1, -0.05) is 48.5 Å². The number of hydrogen-bond donors (Lipinski definition) is 0. The van der Waals surface area contributed by atoms with E-state index in [1.165, 1.54) is 25.7 Å². The summed E-state index contributed by atoms with van der Waals surface area (Å²) in [7, 11) is 0. The molecular weight excluding hydrogens is 304 g/mol. The summed E-state index contributed by atoms with van der Waals surface area (Å²) < 4.78 is 6.90. The second-order valence-corrected chi connectivity index (χ2v) is 6.13. The monoisotopic (exact) mass is 324 g/mol. The van der Waals surface area contributed by atoms with Crippen molar-refractivity contribution < 1.29 is 9.53 Å². The number of carbonyl (C=O) groups is 1. The molecule has 2 rings (SSSR count). The zero-order valence-electron chi connectivity index (χ0n) is 11.5. The van der Waals surface area contributed by atoms with E-state index in [2.05, 4.69) is 22.9 Å². The summed E-state index contributed by atoms with van der Waals surface area (Å²) >= 11 is 3.42. The Morgan fingerprint density at radius 1 is 1.26 bits per heavy atom. The van der Waals surface area contributed by atoms with Crippen molar-refractivity contribution in [1.29, 1.82) is 0 Å². The molecule has 0 saturated heterocycles. The molecule has 3 heteroatoms. The third-order valence-electron chi connectivity index (χ3n) is 3.58. The molecule has 0 spiro atoms. The lowest BCUT2D eigenvalue weighted by molar-refractivity contribution is 0.0835. The van der Waals surface area contributed by atoms with E-state index in [1.807, 2.05) is 18.2 Å². The Labute approximate surface area is 123 Å². The van der Waals surface area contributed by atoms with Crippen LogP contribution >= 0.6 is 15.9 Å². The highest BCUT2D eigenvalue weighted by atomic mass is 79.9. The van der Waals surface area contributed by atoms with Gasteiger partial charge < -0.3 is 4.74 Å². The molecule has 1 atom stereocenters. The maximum absolute atomic E-state index is 12.0. The third-order valence-corrected chi connectivity index (χ3v) is 4.07. The highest BCUT2D eigenvalue weighted by Crippen LogP contribution is 2.31. The van der Waals surface area contributed by atoms with Crippen molar-refractivity contribution in [3.63, 3.8) is 0 Å². The number of ketones is 1. The Morgan fingerprint density at radius 2 is 2.05 bits per heavy atom. The lowest BCUT2D eigenvalue weighted by atomic mass is 9.97. The average Bonchev–Trinajstić information content (AvgIpc) is 2.38. The van der Waals surface area contributed by atoms with E-state index >= 15 is 0 Å². The highest BCUT2D eigenvalue weighted by molar-refractivity contribution is 9.10. The molecule has 0 radical (unpaired) electrons. The van der Waals surface area contributed by atoms with Crippen molar-refractivity contribution in [2.24, 2.45) is 0 Å². The molecule has 0 fully saturated rings. The van der Waals surface area contributed by atoms with Crippen LogP contribution in [-0.4, -0.2) is 11.9 Å². The minimum absolute atomic E-state index is 0.0657. The van der Waals surface area contributed by atoms with Gasteiger partial charge in [-0.25, -0.2) is 0 Å². The Balaban J connectivity index is 1.87. The molecule has 104 valence electrons. The van der Waals surface area contributed by atoms with Crippen molar-refractivity contribution in [3.8, 4) is 5.75 Å². The number of benzene rings is 1. The van der Waals surface area contributed by atoms with Crippen molar-refractivity contribution in [3.05, 3.63) is 28.2 Å². The first-order valence-corrected chi connectivity index (χ1v) is 7.99. The zero-order valence-corrected chi connectivity index (χ0v) is 13.0. The minimum atomic E-state index is 0.0657. The van der Waals surface area contributed by atoms with Gasteiger partial charge >= 0.3 is 0 Å². The molecule has 1 aromatic rings. The molecule has 1 aromatic carbocycles. The second-order valence-electron chi connectivity index (χ2n) is 5.21. The second kappa shape index (κ2) is 7.09. The van der Waals surface area contributed by atoms with Crippen LogP contribution in [0.15, 0.2) is 22.7 Å². The van der Waals surface area contributed by atoms with Crippen LogP contribution in [0.25, 0.3) is 0 Å². The highest BCUT2D eigenvalue weighted by Gasteiger charge is 2.25. The van der Waals surface area contributed by atoms with E-state index in [0.717, 1.165) is 28.6 Å². The Bertz CT molecular complexity index is 442. The number of rotatable bonds is 6. The molecule has 0 aromatic heterocycles. The Hall–Kier alpha value is -0.830. The third kappa shape index (κ3) is 4.07. The van der Waals surface area contributed by atoms with Crippen molar-refractivity contribution in [1.82, 2.24) is 0 Å². The van der Waals surface area contributed by atoms with Gasteiger partial charge in [-0.3, -0.25) is 4.79 Å². The van der Waals surface area contributed by atoms with Gasteiger partial charge in [0.25, 0.3) is 0 Å². The summed E-state index contributed by atoms with van der Waals surface area (Å²) in [5, 5.41) is 0. The smallest absolute Gasteiger partial charge is 0.170 e. The van der Waals surface area contributed by atoms with Gasteiger partial charge in [0.15, 0.2) is 5.78 Å². The van der Waals surface area contributed by atoms with Crippen molar-refractivity contribution in [2.45, 2.75) is 58.0 Å². The number of halogens is 1. The molecular formula is C16H21BrO2. The topological polar surface area (TPSA) is 26.3 Å². The normalized spacial score (nSPS) is 18.0. The van der Waals surface area contributed by atoms with Crippen molar-refractivity contribution in [2.75, 3.05) is 0 Å². The number of fused-ring (bicyclic) bond motifs is 1. The van der Waals surface area contributed by atoms with E-state index in [9.17, 15) is 4.79 Å². The van der Waals surface area contributed by atoms with Crippen molar-refractivity contribution >= 4 is 21.7 Å². The average molecular weight is 325 g/mol. The fourth-order valence-corrected chi connectivity index (χ4v) is 2.84. The fraction of sp³-hybridized carbons (Fsp3) is 0.562. The van der Waals surface area contributed by atoms with E-state index < -0.39 is 0 Å². The number of Topliss-reactive ketones (excluding diaryl/α,β-unsaturated/α-hetero) is 1. The van der Waals surface area contributed by atoms with E-state index in [1.54, 1.807) is 0 Å². The van der Waals surface area contributed by atoms with Crippen LogP contribution < -0.4 is 4.74 Å². The first-order valence-electron chi connectivity index (χ1n) is 7.20. The van der Waals surface area contributed by atoms with E-state index in [4.69, 9.17) is 4.74 Å². The first-order chi connectivity index (χ1) is 9.20. The maximum atomic E-state index is 12.0. The van der Waals surface area contributed by atoms with Gasteiger partial charge in [0.1, 0.15) is 11.9 Å². The predicted octanol–water partition coefficient (Wildman–Crippen LogP) is 5.14. The van der Waals surface area contributed by atoms with E-state index in [-0.39, 0.29) is 11.9 Å². The van der Waals surface area contributed by atoms with Gasteiger partial charge in [0, 0.05) is 10.9 Å². The van der Waals surface area contributed by atoms with E-state index in [0.29, 0.717) is 6.42 Å². The zero-order chi connectivity index (χ0) is 13.7. The SMILES string of the molecule is CCCCCCCC1CC(=O)c2ccc(Br)cc2O1. The summed E-state index contributed by atoms with van der Waals surface area (Å²) in [6.07, 6.45) is 7.84. The molecule has 19 heavy (non-hydrogen) atoms. The Morgan fingerprint density at radius 3 is 2.84 bits per heavy atom. The first kappa shape index (κ1) is 14.6. The van der Waals surface area contributed by atoms with Crippen LogP contribution in [0.2, 0.25) is 0 Å². The fourth-order valence-electron chi connectivity index (χ4n) is 2.50. The molecule has 1 aliphatic rings. The van der Waals surface area contributed by atoms with Crippen LogP contribution in [0.4, 0.5) is 0 Å². The molecule has 1 unspecified atom stereocenters.